The van der Waals surface area contributed by atoms with E-state index in [2.05, 4.69) is 31.0 Å². The number of rotatable bonds is 4. The van der Waals surface area contributed by atoms with Gasteiger partial charge in [0.1, 0.15) is 5.75 Å². The summed E-state index contributed by atoms with van der Waals surface area (Å²) < 4.78 is 5.82. The first-order valence-electron chi connectivity index (χ1n) is 6.30. The molecule has 19 heavy (non-hydrogen) atoms. The van der Waals surface area contributed by atoms with Crippen molar-refractivity contribution in [2.75, 3.05) is 0 Å². The molecule has 0 aliphatic heterocycles. The van der Waals surface area contributed by atoms with Crippen LogP contribution in [-0.4, -0.2) is 11.3 Å². The van der Waals surface area contributed by atoms with E-state index in [9.17, 15) is 4.79 Å². The first-order chi connectivity index (χ1) is 9.10. The number of ether oxygens (including phenoxy) is 1. The molecule has 2 rings (SSSR count). The largest absolute Gasteiger partial charge is 0.439 e. The van der Waals surface area contributed by atoms with Crippen molar-refractivity contribution in [1.29, 1.82) is 0 Å². The number of pyridine rings is 1. The van der Waals surface area contributed by atoms with Crippen LogP contribution in [0.25, 0.3) is 0 Å². The highest BCUT2D eigenvalue weighted by Gasteiger charge is 2.09. The number of carbonyl (C=O) groups is 1. The predicted octanol–water partition coefficient (Wildman–Crippen LogP) is 4.12. The van der Waals surface area contributed by atoms with E-state index in [1.165, 1.54) is 6.20 Å². The maximum absolute atomic E-state index is 10.6. The zero-order valence-electron chi connectivity index (χ0n) is 11.4. The molecule has 0 amide bonds. The van der Waals surface area contributed by atoms with Crippen molar-refractivity contribution in [2.45, 2.75) is 26.7 Å². The second-order valence-electron chi connectivity index (χ2n) is 4.85. The highest BCUT2D eigenvalue weighted by atomic mass is 16.5. The molecule has 2 aromatic rings. The summed E-state index contributed by atoms with van der Waals surface area (Å²) in [5, 5.41) is 0. The number of carbonyl (C=O) groups excluding carboxylic acids is 1. The standard InChI is InChI=1S/C16H17NO2/c1-11(2)14-6-4-12(3)8-15(14)19-16-7-5-13(10-18)9-17-16/h4-11H,1-3H3. The maximum atomic E-state index is 10.6. The third-order valence-electron chi connectivity index (χ3n) is 2.90. The van der Waals surface area contributed by atoms with Gasteiger partial charge in [0.2, 0.25) is 5.88 Å². The van der Waals surface area contributed by atoms with E-state index in [1.807, 2.05) is 13.0 Å². The molecular formula is C16H17NO2. The number of hydrogen-bond acceptors (Lipinski definition) is 3. The summed E-state index contributed by atoms with van der Waals surface area (Å²) >= 11 is 0. The molecule has 3 nitrogen and oxygen atoms in total. The number of benzene rings is 1. The maximum Gasteiger partial charge on any atom is 0.219 e. The number of aromatic nitrogens is 1. The second-order valence-corrected chi connectivity index (χ2v) is 4.85. The summed E-state index contributed by atoms with van der Waals surface area (Å²) in [7, 11) is 0. The average molecular weight is 255 g/mol. The van der Waals surface area contributed by atoms with Crippen LogP contribution >= 0.6 is 0 Å². The molecule has 0 fully saturated rings. The molecule has 0 saturated heterocycles. The Morgan fingerprint density at radius 1 is 1.21 bits per heavy atom. The molecule has 0 N–H and O–H groups in total. The normalized spacial score (nSPS) is 10.5. The van der Waals surface area contributed by atoms with E-state index in [-0.39, 0.29) is 0 Å². The highest BCUT2D eigenvalue weighted by molar-refractivity contribution is 5.74. The zero-order chi connectivity index (χ0) is 13.8. The molecule has 0 atom stereocenters. The van der Waals surface area contributed by atoms with Gasteiger partial charge in [-0.05, 0) is 36.1 Å². The van der Waals surface area contributed by atoms with Gasteiger partial charge in [-0.2, -0.15) is 0 Å². The van der Waals surface area contributed by atoms with Crippen molar-refractivity contribution in [2.24, 2.45) is 0 Å². The van der Waals surface area contributed by atoms with Gasteiger partial charge in [0.25, 0.3) is 0 Å². The summed E-state index contributed by atoms with van der Waals surface area (Å²) in [5.74, 6) is 1.70. The van der Waals surface area contributed by atoms with E-state index in [0.29, 0.717) is 17.4 Å². The Morgan fingerprint density at radius 3 is 2.58 bits per heavy atom. The number of aryl methyl sites for hydroxylation is 1. The van der Waals surface area contributed by atoms with Gasteiger partial charge in [0.15, 0.2) is 6.29 Å². The van der Waals surface area contributed by atoms with Crippen LogP contribution in [0.3, 0.4) is 0 Å². The SMILES string of the molecule is Cc1ccc(C(C)C)c(Oc2ccc(C=O)cn2)c1. The summed E-state index contributed by atoms with van der Waals surface area (Å²) in [6.07, 6.45) is 2.27. The van der Waals surface area contributed by atoms with Gasteiger partial charge >= 0.3 is 0 Å². The molecule has 0 aliphatic carbocycles. The van der Waals surface area contributed by atoms with Crippen LogP contribution in [0, 0.1) is 6.92 Å². The molecule has 0 aliphatic rings. The third kappa shape index (κ3) is 3.19. The summed E-state index contributed by atoms with van der Waals surface area (Å²) in [4.78, 5) is 14.7. The Hall–Kier alpha value is -2.16. The lowest BCUT2D eigenvalue weighted by atomic mass is 10.0. The van der Waals surface area contributed by atoms with Crippen LogP contribution in [0.4, 0.5) is 0 Å². The Bertz CT molecular complexity index is 574. The minimum absolute atomic E-state index is 0.379. The Kier molecular flexibility index (Phi) is 3.95. The smallest absolute Gasteiger partial charge is 0.219 e. The van der Waals surface area contributed by atoms with Gasteiger partial charge < -0.3 is 4.74 Å². The molecule has 1 aromatic carbocycles. The van der Waals surface area contributed by atoms with Gasteiger partial charge in [0, 0.05) is 17.8 Å². The van der Waals surface area contributed by atoms with Gasteiger partial charge in [-0.15, -0.1) is 0 Å². The first kappa shape index (κ1) is 13.3. The van der Waals surface area contributed by atoms with Crippen LogP contribution in [0.5, 0.6) is 11.6 Å². The van der Waals surface area contributed by atoms with Crippen LogP contribution in [0.2, 0.25) is 0 Å². The summed E-state index contributed by atoms with van der Waals surface area (Å²) in [6.45, 7) is 6.28. The van der Waals surface area contributed by atoms with Crippen molar-refractivity contribution in [3.8, 4) is 11.6 Å². The van der Waals surface area contributed by atoms with E-state index in [0.717, 1.165) is 23.2 Å². The van der Waals surface area contributed by atoms with E-state index in [4.69, 9.17) is 4.74 Å². The lowest BCUT2D eigenvalue weighted by Crippen LogP contribution is -1.96. The summed E-state index contributed by atoms with van der Waals surface area (Å²) in [5.41, 5.74) is 2.83. The fourth-order valence-electron chi connectivity index (χ4n) is 1.84. The van der Waals surface area contributed by atoms with Crippen molar-refractivity contribution in [3.63, 3.8) is 0 Å². The molecule has 1 aromatic heterocycles. The topological polar surface area (TPSA) is 39.2 Å². The predicted molar refractivity (Wildman–Crippen MR) is 75.0 cm³/mol. The fraction of sp³-hybridized carbons (Fsp3) is 0.250. The molecule has 3 heteroatoms. The van der Waals surface area contributed by atoms with Crippen molar-refractivity contribution < 1.29 is 9.53 Å². The Labute approximate surface area is 113 Å². The van der Waals surface area contributed by atoms with Gasteiger partial charge in [0.05, 0.1) is 0 Å². The lowest BCUT2D eigenvalue weighted by molar-refractivity contribution is 0.112. The minimum atomic E-state index is 0.379. The van der Waals surface area contributed by atoms with Gasteiger partial charge in [-0.3, -0.25) is 4.79 Å². The van der Waals surface area contributed by atoms with Crippen molar-refractivity contribution in [3.05, 3.63) is 53.2 Å². The number of nitrogens with zero attached hydrogens (tertiary/aromatic N) is 1. The van der Waals surface area contributed by atoms with Gasteiger partial charge in [-0.25, -0.2) is 4.98 Å². The molecule has 98 valence electrons. The fourth-order valence-corrected chi connectivity index (χ4v) is 1.84. The molecule has 0 spiro atoms. The van der Waals surface area contributed by atoms with Crippen LogP contribution in [-0.2, 0) is 0 Å². The van der Waals surface area contributed by atoms with Gasteiger partial charge in [-0.1, -0.05) is 26.0 Å². The zero-order valence-corrected chi connectivity index (χ0v) is 11.4. The first-order valence-corrected chi connectivity index (χ1v) is 6.30. The van der Waals surface area contributed by atoms with Crippen LogP contribution < -0.4 is 4.74 Å². The lowest BCUT2D eigenvalue weighted by Gasteiger charge is -2.14. The summed E-state index contributed by atoms with van der Waals surface area (Å²) in [6, 6.07) is 9.56. The molecule has 0 bridgehead atoms. The Balaban J connectivity index is 2.30. The van der Waals surface area contributed by atoms with Crippen LogP contribution in [0.15, 0.2) is 36.5 Å². The van der Waals surface area contributed by atoms with Crippen LogP contribution in [0.1, 0.15) is 41.3 Å². The molecule has 1 heterocycles. The molecule has 0 unspecified atom stereocenters. The van der Waals surface area contributed by atoms with E-state index >= 15 is 0 Å². The molecule has 0 radical (unpaired) electrons. The minimum Gasteiger partial charge on any atom is -0.439 e. The highest BCUT2D eigenvalue weighted by Crippen LogP contribution is 2.30. The number of hydrogen-bond donors (Lipinski definition) is 0. The monoisotopic (exact) mass is 255 g/mol. The Morgan fingerprint density at radius 2 is 2.00 bits per heavy atom. The average Bonchev–Trinajstić information content (AvgIpc) is 2.39. The van der Waals surface area contributed by atoms with E-state index in [1.54, 1.807) is 12.1 Å². The second kappa shape index (κ2) is 5.65. The third-order valence-corrected chi connectivity index (χ3v) is 2.90. The number of aldehydes is 1. The van der Waals surface area contributed by atoms with Crippen molar-refractivity contribution >= 4 is 6.29 Å². The molecule has 0 saturated carbocycles. The van der Waals surface area contributed by atoms with Crippen molar-refractivity contribution in [1.82, 2.24) is 4.98 Å². The van der Waals surface area contributed by atoms with E-state index < -0.39 is 0 Å². The molecular weight excluding hydrogens is 238 g/mol. The quantitative estimate of drug-likeness (QED) is 0.771.